The summed E-state index contributed by atoms with van der Waals surface area (Å²) in [5.41, 5.74) is 20.3. The minimum absolute atomic E-state index is 0.0862. The molecule has 4 unspecified atom stereocenters. The van der Waals surface area contributed by atoms with Crippen molar-refractivity contribution >= 4 is 40.9 Å². The van der Waals surface area contributed by atoms with Gasteiger partial charge in [-0.2, -0.15) is 0 Å². The van der Waals surface area contributed by atoms with Gasteiger partial charge in [-0.1, -0.05) is 118 Å². The zero-order valence-corrected chi connectivity index (χ0v) is 55.4. The van der Waals surface area contributed by atoms with Crippen molar-refractivity contribution in [1.29, 1.82) is 0 Å². The smallest absolute Gasteiger partial charge is 0.338 e. The van der Waals surface area contributed by atoms with E-state index in [1.54, 1.807) is 13.8 Å². The highest BCUT2D eigenvalue weighted by molar-refractivity contribution is 6.07. The number of allylic oxidation sites excluding steroid dienone is 16. The van der Waals surface area contributed by atoms with Crippen molar-refractivity contribution in [1.82, 2.24) is 5.32 Å². The Labute approximate surface area is 524 Å². The largest absolute Gasteiger partial charge is 0.466 e. The van der Waals surface area contributed by atoms with Crippen LogP contribution < -0.4 is 5.32 Å². The van der Waals surface area contributed by atoms with Crippen molar-refractivity contribution in [2.45, 2.75) is 260 Å². The highest BCUT2D eigenvalue weighted by Gasteiger charge is 2.41. The number of methoxy groups -OCH3 is 2. The third-order valence-corrected chi connectivity index (χ3v) is 19.1. The van der Waals surface area contributed by atoms with Crippen molar-refractivity contribution in [3.63, 3.8) is 0 Å². The van der Waals surface area contributed by atoms with Crippen molar-refractivity contribution in [2.24, 2.45) is 23.7 Å². The van der Waals surface area contributed by atoms with Gasteiger partial charge in [0.25, 0.3) is 0 Å². The summed E-state index contributed by atoms with van der Waals surface area (Å²) in [7, 11) is 2.96. The average molecular weight is 1190 g/mol. The summed E-state index contributed by atoms with van der Waals surface area (Å²) in [5, 5.41) is 3.37. The summed E-state index contributed by atoms with van der Waals surface area (Å²) in [4.78, 5) is 80.9. The number of hydrogen-bond acceptors (Lipinski definition) is 10. The molecule has 0 radical (unpaired) electrons. The summed E-state index contributed by atoms with van der Waals surface area (Å²) >= 11 is 0. The van der Waals surface area contributed by atoms with Crippen molar-refractivity contribution in [2.75, 3.05) is 14.2 Å². The number of rotatable bonds is 13. The quantitative estimate of drug-likeness (QED) is 0.139. The topological polar surface area (TPSA) is 150 Å². The molecule has 10 aliphatic carbocycles. The van der Waals surface area contributed by atoms with E-state index < -0.39 is 0 Å². The second kappa shape index (κ2) is 36.5. The van der Waals surface area contributed by atoms with E-state index in [0.717, 1.165) is 148 Å². The lowest BCUT2D eigenvalue weighted by Crippen LogP contribution is -2.33. The van der Waals surface area contributed by atoms with Crippen LogP contribution in [0.3, 0.4) is 0 Å². The molecule has 0 bridgehead atoms. The minimum Gasteiger partial charge on any atom is -0.466 e. The third-order valence-electron chi connectivity index (χ3n) is 19.1. The van der Waals surface area contributed by atoms with Gasteiger partial charge < -0.3 is 24.4 Å². The number of carbonyl (C=O) groups excluding carboxylic acids is 7. The lowest BCUT2D eigenvalue weighted by molar-refractivity contribution is -0.137. The maximum atomic E-state index is 13.0. The Bertz CT molecular complexity index is 2870. The van der Waals surface area contributed by atoms with Gasteiger partial charge in [0.15, 0.2) is 11.6 Å². The molecule has 1 aliphatic heterocycles. The first kappa shape index (κ1) is 71.7. The molecule has 0 amide bonds. The van der Waals surface area contributed by atoms with Crippen LogP contribution in [0.25, 0.3) is 0 Å². The molecule has 11 aliphatic rings. The Kier molecular flexibility index (Phi) is 30.0. The molecule has 4 atom stereocenters. The van der Waals surface area contributed by atoms with Crippen LogP contribution in [0.2, 0.25) is 0 Å². The normalized spacial score (nSPS) is 23.2. The second-order valence-electron chi connectivity index (χ2n) is 25.8. The number of hydrogen-bond donors (Lipinski definition) is 1. The number of Topliss-reactive ketones (excluding diaryl/α,β-unsaturated/α-hetero) is 5. The standard InChI is InChI=1S/C20H24O2.C16H19NO.C16H22O2.C12H18O2.C6H10O.C4H8O.C3H8/c1-3-6-18-15(10-9-13(2)21)12-16-11-14-7-4-5-8-17(14)19(16)20(18)22;1-3-6-12-10(2)17-14-9-11-7-4-5-8-13(11)15(14)16(12)18;1-4-11(2)9-13-10-12-7-5-6-8-14(12)15(13)16(17)18-3;1-8-7-9-5-3-4-6-10(9)11(8)12(13)14-2;7-6-4-2-1-3-5-6;1-3-4(2)5;1-3-2/h3,12,18H,1,4-11H2,2H3;3,12,17H,1-2,4-9H2;2,4-10H2,1,3H3;9-10H,3-7H2,1-2H3;1-5H2;3H2,1-2H3;3H2,1-2H3. The molecule has 1 heterocycles. The van der Waals surface area contributed by atoms with Gasteiger partial charge in [-0.05, 0) is 215 Å². The van der Waals surface area contributed by atoms with Gasteiger partial charge in [0, 0.05) is 66.1 Å². The summed E-state index contributed by atoms with van der Waals surface area (Å²) in [6, 6.07) is 0. The average Bonchev–Trinajstić information content (AvgIpc) is 1.83. The molecule has 11 rings (SSSR count). The van der Waals surface area contributed by atoms with Gasteiger partial charge >= 0.3 is 11.9 Å². The Morgan fingerprint density at radius 3 is 1.69 bits per heavy atom. The maximum Gasteiger partial charge on any atom is 0.338 e. The number of ketones is 5. The molecular formula is C77H109NO9. The Morgan fingerprint density at radius 1 is 0.632 bits per heavy atom. The highest BCUT2D eigenvalue weighted by atomic mass is 16.5. The molecule has 2 saturated carbocycles. The lowest BCUT2D eigenvalue weighted by Gasteiger charge is -2.27. The molecular weight excluding hydrogens is 1080 g/mol. The predicted molar refractivity (Wildman–Crippen MR) is 354 cm³/mol. The van der Waals surface area contributed by atoms with Crippen molar-refractivity contribution < 1.29 is 43.0 Å². The minimum atomic E-state index is -0.152. The van der Waals surface area contributed by atoms with Crippen LogP contribution in [0.4, 0.5) is 0 Å². The number of carbonyl (C=O) groups is 7. The van der Waals surface area contributed by atoms with Crippen LogP contribution in [0.5, 0.6) is 0 Å². The van der Waals surface area contributed by atoms with Gasteiger partial charge in [-0.15, -0.1) is 13.2 Å². The molecule has 0 spiro atoms. The Hall–Kier alpha value is -6.03. The molecule has 476 valence electrons. The van der Waals surface area contributed by atoms with Crippen molar-refractivity contribution in [3.8, 4) is 0 Å². The van der Waals surface area contributed by atoms with Crippen LogP contribution in [-0.4, -0.2) is 55.1 Å². The van der Waals surface area contributed by atoms with E-state index in [2.05, 4.69) is 65.4 Å². The highest BCUT2D eigenvalue weighted by Crippen LogP contribution is 2.49. The molecule has 0 saturated heterocycles. The van der Waals surface area contributed by atoms with Gasteiger partial charge in [-0.3, -0.25) is 14.4 Å². The number of ether oxygens (including phenoxy) is 2. The van der Waals surface area contributed by atoms with E-state index in [-0.39, 0.29) is 46.9 Å². The molecule has 1 N–H and O–H groups in total. The van der Waals surface area contributed by atoms with E-state index in [1.165, 1.54) is 147 Å². The molecule has 10 heteroatoms. The first-order valence-electron chi connectivity index (χ1n) is 33.6. The van der Waals surface area contributed by atoms with E-state index >= 15 is 0 Å². The molecule has 0 aromatic carbocycles. The van der Waals surface area contributed by atoms with E-state index in [0.29, 0.717) is 43.8 Å². The predicted octanol–water partition coefficient (Wildman–Crippen LogP) is 18.7. The molecule has 0 aromatic heterocycles. The van der Waals surface area contributed by atoms with E-state index in [1.807, 2.05) is 19.1 Å². The fourth-order valence-electron chi connectivity index (χ4n) is 14.5. The van der Waals surface area contributed by atoms with Gasteiger partial charge in [-0.25, -0.2) is 9.59 Å². The fourth-order valence-corrected chi connectivity index (χ4v) is 14.5. The maximum absolute atomic E-state index is 13.0. The van der Waals surface area contributed by atoms with Crippen LogP contribution in [0.15, 0.2) is 140 Å². The SMILES string of the molecule is C=C(CC)CC1=C(C(=O)OC)C2=C(CCCC2)C1.C=CCC1C(=C)NC2=C(C1=O)C1=C(CCCC1)C2.C=CCC1C(=O)C2=C(C=C1CCC(C)=O)CC1=C2CCCC1.CCC.CCC(C)=O.COC(=O)C1=C(C)CC2CCCCC12.O=C1CCCCC1. The molecule has 10 nitrogen and oxygen atoms in total. The van der Waals surface area contributed by atoms with Crippen LogP contribution in [-0.2, 0) is 43.0 Å². The van der Waals surface area contributed by atoms with E-state index in [4.69, 9.17) is 9.47 Å². The molecule has 87 heavy (non-hydrogen) atoms. The van der Waals surface area contributed by atoms with Gasteiger partial charge in [0.1, 0.15) is 17.3 Å². The number of nitrogens with one attached hydrogen (secondary N) is 1. The van der Waals surface area contributed by atoms with E-state index in [9.17, 15) is 33.6 Å². The summed E-state index contributed by atoms with van der Waals surface area (Å²) < 4.78 is 9.82. The fraction of sp³-hybridized carbons (Fsp3) is 0.597. The number of esters is 2. The summed E-state index contributed by atoms with van der Waals surface area (Å²) in [6.45, 7) is 29.1. The van der Waals surface area contributed by atoms with Crippen molar-refractivity contribution in [3.05, 3.63) is 140 Å². The lowest BCUT2D eigenvalue weighted by atomic mass is 9.77. The van der Waals surface area contributed by atoms with Crippen LogP contribution >= 0.6 is 0 Å². The molecule has 0 aromatic rings. The van der Waals surface area contributed by atoms with Crippen LogP contribution in [0.1, 0.15) is 260 Å². The second-order valence-corrected chi connectivity index (χ2v) is 25.8. The third kappa shape index (κ3) is 19.7. The Balaban J connectivity index is 0.000000197. The zero-order valence-electron chi connectivity index (χ0n) is 55.4. The van der Waals surface area contributed by atoms with Gasteiger partial charge in [0.2, 0.25) is 0 Å². The number of fused-ring (bicyclic) bond motifs is 3. The monoisotopic (exact) mass is 1190 g/mol. The summed E-state index contributed by atoms with van der Waals surface area (Å²) in [5.74, 6) is 2.25. The first-order valence-corrected chi connectivity index (χ1v) is 33.6. The zero-order chi connectivity index (χ0) is 63.7. The Morgan fingerprint density at radius 2 is 1.15 bits per heavy atom. The molecule has 2 fully saturated rings. The van der Waals surface area contributed by atoms with Crippen LogP contribution in [0, 0.1) is 23.7 Å². The summed E-state index contributed by atoms with van der Waals surface area (Å²) in [6.07, 6.45) is 40.6. The van der Waals surface area contributed by atoms with Gasteiger partial charge in [0.05, 0.1) is 25.7 Å². The first-order chi connectivity index (χ1) is 41.8.